The van der Waals surface area contributed by atoms with Crippen molar-refractivity contribution in [3.63, 3.8) is 0 Å². The molecule has 1 N–H and O–H groups in total. The van der Waals surface area contributed by atoms with Crippen LogP contribution >= 0.6 is 0 Å². The number of nitrogens with one attached hydrogen (secondary N) is 1. The van der Waals surface area contributed by atoms with Crippen molar-refractivity contribution in [2.75, 3.05) is 10.2 Å². The molecular formula is C21H22N2O4. The average molecular weight is 366 g/mol. The number of anilines is 2. The van der Waals surface area contributed by atoms with E-state index in [9.17, 15) is 14.4 Å². The molecular weight excluding hydrogens is 344 g/mol. The quantitative estimate of drug-likeness (QED) is 0.844. The van der Waals surface area contributed by atoms with Gasteiger partial charge in [-0.3, -0.25) is 9.59 Å². The summed E-state index contributed by atoms with van der Waals surface area (Å²) < 4.78 is 5.38. The molecule has 1 aliphatic rings. The van der Waals surface area contributed by atoms with E-state index < -0.39 is 12.1 Å². The van der Waals surface area contributed by atoms with Crippen molar-refractivity contribution < 1.29 is 19.1 Å². The van der Waals surface area contributed by atoms with E-state index in [1.807, 2.05) is 31.2 Å². The third kappa shape index (κ3) is 4.00. The average Bonchev–Trinajstić information content (AvgIpc) is 2.96. The fourth-order valence-electron chi connectivity index (χ4n) is 3.27. The smallest absolute Gasteiger partial charge is 0.338 e. The highest BCUT2D eigenvalue weighted by Gasteiger charge is 2.34. The molecule has 6 heteroatoms. The molecule has 3 rings (SSSR count). The first-order chi connectivity index (χ1) is 12.9. The van der Waals surface area contributed by atoms with Crippen molar-refractivity contribution in [1.29, 1.82) is 0 Å². The lowest BCUT2D eigenvalue weighted by atomic mass is 10.1. The molecule has 0 saturated carbocycles. The summed E-state index contributed by atoms with van der Waals surface area (Å²) in [5, 5.41) is 2.63. The molecule has 6 nitrogen and oxygen atoms in total. The largest absolute Gasteiger partial charge is 0.449 e. The second-order valence-electron chi connectivity index (χ2n) is 6.70. The van der Waals surface area contributed by atoms with Crippen molar-refractivity contribution in [3.8, 4) is 0 Å². The van der Waals surface area contributed by atoms with Crippen LogP contribution in [0.2, 0.25) is 0 Å². The minimum atomic E-state index is -0.902. The van der Waals surface area contributed by atoms with E-state index in [1.54, 1.807) is 36.1 Å². The Hall–Kier alpha value is -3.15. The first-order valence-electron chi connectivity index (χ1n) is 8.86. The molecule has 2 amide bonds. The van der Waals surface area contributed by atoms with Gasteiger partial charge in [-0.2, -0.15) is 0 Å². The maximum atomic E-state index is 12.9. The van der Waals surface area contributed by atoms with Crippen molar-refractivity contribution in [3.05, 3.63) is 59.7 Å². The Labute approximate surface area is 158 Å². The van der Waals surface area contributed by atoms with Gasteiger partial charge in [-0.15, -0.1) is 0 Å². The second-order valence-corrected chi connectivity index (χ2v) is 6.70. The summed E-state index contributed by atoms with van der Waals surface area (Å²) in [6.45, 7) is 4.97. The lowest BCUT2D eigenvalue weighted by Gasteiger charge is -2.26. The zero-order valence-corrected chi connectivity index (χ0v) is 15.6. The van der Waals surface area contributed by atoms with E-state index in [-0.39, 0.29) is 17.9 Å². The molecule has 0 bridgehead atoms. The minimum absolute atomic E-state index is 0.0213. The third-order valence-electron chi connectivity index (χ3n) is 4.52. The monoisotopic (exact) mass is 366 g/mol. The topological polar surface area (TPSA) is 75.7 Å². The molecule has 27 heavy (non-hydrogen) atoms. The predicted octanol–water partition coefficient (Wildman–Crippen LogP) is 3.17. The van der Waals surface area contributed by atoms with Gasteiger partial charge in [0.1, 0.15) is 0 Å². The first-order valence-corrected chi connectivity index (χ1v) is 8.86. The SMILES string of the molecule is CC(=O)Nc1ccc(C(=O)O[C@H](C)C(=O)N2c3ccccc3C[C@@H]2C)cc1. The molecule has 2 atom stereocenters. The normalized spacial score (nSPS) is 16.4. The number of amides is 2. The Morgan fingerprint density at radius 1 is 1.11 bits per heavy atom. The van der Waals surface area contributed by atoms with Crippen LogP contribution < -0.4 is 10.2 Å². The standard InChI is InChI=1S/C21H22N2O4/c1-13-12-17-6-4-5-7-19(17)23(13)20(25)14(2)27-21(26)16-8-10-18(11-9-16)22-15(3)24/h4-11,13-14H,12H2,1-3H3,(H,22,24)/t13-,14+/m0/s1. The Morgan fingerprint density at radius 3 is 2.44 bits per heavy atom. The summed E-state index contributed by atoms with van der Waals surface area (Å²) in [5.41, 5.74) is 2.90. The van der Waals surface area contributed by atoms with Crippen LogP contribution in [0.4, 0.5) is 11.4 Å². The molecule has 140 valence electrons. The predicted molar refractivity (Wildman–Crippen MR) is 103 cm³/mol. The van der Waals surface area contributed by atoms with Crippen LogP contribution in [0.5, 0.6) is 0 Å². The summed E-state index contributed by atoms with van der Waals surface area (Å²) >= 11 is 0. The number of hydrogen-bond acceptors (Lipinski definition) is 4. The van der Waals surface area contributed by atoms with Crippen LogP contribution in [-0.4, -0.2) is 29.9 Å². The summed E-state index contributed by atoms with van der Waals surface area (Å²) in [7, 11) is 0. The van der Waals surface area contributed by atoms with Gasteiger partial charge in [0.05, 0.1) is 5.56 Å². The van der Waals surface area contributed by atoms with E-state index >= 15 is 0 Å². The van der Waals surface area contributed by atoms with Crippen LogP contribution in [0.3, 0.4) is 0 Å². The fourth-order valence-corrected chi connectivity index (χ4v) is 3.27. The van der Waals surface area contributed by atoms with Crippen molar-refractivity contribution in [2.45, 2.75) is 39.3 Å². The van der Waals surface area contributed by atoms with E-state index in [2.05, 4.69) is 5.32 Å². The Balaban J connectivity index is 1.68. The summed E-state index contributed by atoms with van der Waals surface area (Å²) in [6.07, 6.45) is -0.117. The maximum absolute atomic E-state index is 12.9. The molecule has 0 spiro atoms. The number of carbonyl (C=O) groups is 3. The number of para-hydroxylation sites is 1. The molecule has 0 aliphatic carbocycles. The molecule has 0 saturated heterocycles. The number of benzene rings is 2. The van der Waals surface area contributed by atoms with Crippen LogP contribution in [0.1, 0.15) is 36.7 Å². The van der Waals surface area contributed by atoms with E-state index in [1.165, 1.54) is 6.92 Å². The van der Waals surface area contributed by atoms with Gasteiger partial charge in [0.2, 0.25) is 5.91 Å². The van der Waals surface area contributed by atoms with E-state index in [0.717, 1.165) is 17.7 Å². The highest BCUT2D eigenvalue weighted by molar-refractivity contribution is 6.01. The number of nitrogens with zero attached hydrogens (tertiary/aromatic N) is 1. The molecule has 2 aromatic carbocycles. The highest BCUT2D eigenvalue weighted by atomic mass is 16.5. The Bertz CT molecular complexity index is 876. The molecule has 1 aliphatic heterocycles. The number of ether oxygens (including phenoxy) is 1. The van der Waals surface area contributed by atoms with Crippen LogP contribution in [-0.2, 0) is 20.7 Å². The number of carbonyl (C=O) groups excluding carboxylic acids is 3. The van der Waals surface area contributed by atoms with Crippen LogP contribution in [0, 0.1) is 0 Å². The number of fused-ring (bicyclic) bond motifs is 1. The van der Waals surface area contributed by atoms with Gasteiger partial charge in [-0.1, -0.05) is 18.2 Å². The lowest BCUT2D eigenvalue weighted by molar-refractivity contribution is -0.126. The second kappa shape index (κ2) is 7.61. The summed E-state index contributed by atoms with van der Waals surface area (Å²) in [4.78, 5) is 38.0. The minimum Gasteiger partial charge on any atom is -0.449 e. The van der Waals surface area contributed by atoms with Gasteiger partial charge in [0, 0.05) is 24.3 Å². The highest BCUT2D eigenvalue weighted by Crippen LogP contribution is 2.32. The van der Waals surface area contributed by atoms with Gasteiger partial charge in [0.15, 0.2) is 6.10 Å². The third-order valence-corrected chi connectivity index (χ3v) is 4.52. The molecule has 1 heterocycles. The van der Waals surface area contributed by atoms with Gasteiger partial charge >= 0.3 is 5.97 Å². The van der Waals surface area contributed by atoms with Gasteiger partial charge in [-0.05, 0) is 56.2 Å². The van der Waals surface area contributed by atoms with Crippen molar-refractivity contribution in [2.24, 2.45) is 0 Å². The Morgan fingerprint density at radius 2 is 1.78 bits per heavy atom. The molecule has 2 aromatic rings. The van der Waals surface area contributed by atoms with Crippen molar-refractivity contribution >= 4 is 29.2 Å². The van der Waals surface area contributed by atoms with E-state index in [0.29, 0.717) is 11.3 Å². The summed E-state index contributed by atoms with van der Waals surface area (Å²) in [5.74, 6) is -1.01. The number of esters is 1. The molecule has 0 unspecified atom stereocenters. The Kier molecular flexibility index (Phi) is 5.26. The van der Waals surface area contributed by atoms with Crippen LogP contribution in [0.25, 0.3) is 0 Å². The molecule has 0 radical (unpaired) electrons. The maximum Gasteiger partial charge on any atom is 0.338 e. The lowest BCUT2D eigenvalue weighted by Crippen LogP contribution is -2.43. The van der Waals surface area contributed by atoms with Gasteiger partial charge in [0.25, 0.3) is 5.91 Å². The van der Waals surface area contributed by atoms with E-state index in [4.69, 9.17) is 4.74 Å². The zero-order valence-electron chi connectivity index (χ0n) is 15.6. The number of hydrogen-bond donors (Lipinski definition) is 1. The van der Waals surface area contributed by atoms with Gasteiger partial charge < -0.3 is 15.0 Å². The summed E-state index contributed by atoms with van der Waals surface area (Å²) in [6, 6.07) is 14.1. The van der Waals surface area contributed by atoms with Crippen LogP contribution in [0.15, 0.2) is 48.5 Å². The first kappa shape index (κ1) is 18.6. The molecule has 0 aromatic heterocycles. The van der Waals surface area contributed by atoms with Gasteiger partial charge in [-0.25, -0.2) is 4.79 Å². The zero-order chi connectivity index (χ0) is 19.6. The van der Waals surface area contributed by atoms with Crippen molar-refractivity contribution in [1.82, 2.24) is 0 Å². The molecule has 0 fully saturated rings. The number of rotatable bonds is 4. The fraction of sp³-hybridized carbons (Fsp3) is 0.286.